The molecule has 0 spiro atoms. The number of ether oxygens (including phenoxy) is 1. The Kier molecular flexibility index (Phi) is 4.73. The highest BCUT2D eigenvalue weighted by atomic mass is 16.6. The third-order valence-electron chi connectivity index (χ3n) is 3.38. The molecule has 1 amide bonds. The molecule has 0 fully saturated rings. The number of carbonyl (C=O) groups is 1. The summed E-state index contributed by atoms with van der Waals surface area (Å²) in [7, 11) is 1.56. The predicted molar refractivity (Wildman–Crippen MR) is 82.0 cm³/mol. The van der Waals surface area contributed by atoms with E-state index in [9.17, 15) is 14.9 Å². The van der Waals surface area contributed by atoms with Crippen LogP contribution < -0.4 is 10.1 Å². The third-order valence-corrected chi connectivity index (χ3v) is 3.38. The first-order valence-corrected chi connectivity index (χ1v) is 6.68. The summed E-state index contributed by atoms with van der Waals surface area (Å²) in [5.41, 5.74) is 1.42. The molecular weight excluding hydrogens is 284 g/mol. The number of methoxy groups -OCH3 is 1. The minimum Gasteiger partial charge on any atom is -0.496 e. The van der Waals surface area contributed by atoms with Crippen LogP contribution in [0.15, 0.2) is 42.5 Å². The Bertz CT molecular complexity index is 713. The second-order valence-corrected chi connectivity index (χ2v) is 4.70. The average molecular weight is 300 g/mol. The van der Waals surface area contributed by atoms with E-state index in [1.807, 2.05) is 18.2 Å². The number of amides is 1. The maximum absolute atomic E-state index is 12.2. The summed E-state index contributed by atoms with van der Waals surface area (Å²) in [6.45, 7) is 1.85. The molecule has 0 saturated heterocycles. The molecule has 0 bridgehead atoms. The molecule has 0 aliphatic rings. The molecule has 6 heteroatoms. The van der Waals surface area contributed by atoms with Crippen LogP contribution in [0.2, 0.25) is 0 Å². The standard InChI is InChI=1S/C16H16N2O4/c1-11-13(7-5-8-14(11)18(20)21)16(19)17-10-12-6-3-4-9-15(12)22-2/h3-9H,10H2,1-2H3,(H,17,19). The first-order chi connectivity index (χ1) is 10.5. The van der Waals surface area contributed by atoms with Gasteiger partial charge >= 0.3 is 0 Å². The predicted octanol–water partition coefficient (Wildman–Crippen LogP) is 2.84. The van der Waals surface area contributed by atoms with E-state index in [1.54, 1.807) is 26.2 Å². The van der Waals surface area contributed by atoms with Gasteiger partial charge in [-0.3, -0.25) is 14.9 Å². The van der Waals surface area contributed by atoms with Crippen molar-refractivity contribution in [3.63, 3.8) is 0 Å². The largest absolute Gasteiger partial charge is 0.496 e. The van der Waals surface area contributed by atoms with E-state index in [0.29, 0.717) is 16.9 Å². The van der Waals surface area contributed by atoms with E-state index in [4.69, 9.17) is 4.74 Å². The Morgan fingerprint density at radius 2 is 1.95 bits per heavy atom. The van der Waals surface area contributed by atoms with Crippen molar-refractivity contribution in [1.82, 2.24) is 5.32 Å². The van der Waals surface area contributed by atoms with E-state index in [-0.39, 0.29) is 18.1 Å². The van der Waals surface area contributed by atoms with Gasteiger partial charge in [0, 0.05) is 29.3 Å². The van der Waals surface area contributed by atoms with Gasteiger partial charge in [0.2, 0.25) is 0 Å². The fourth-order valence-corrected chi connectivity index (χ4v) is 2.19. The average Bonchev–Trinajstić information content (AvgIpc) is 2.52. The van der Waals surface area contributed by atoms with Gasteiger partial charge in [-0.25, -0.2) is 0 Å². The zero-order valence-corrected chi connectivity index (χ0v) is 12.3. The van der Waals surface area contributed by atoms with Crippen molar-refractivity contribution in [1.29, 1.82) is 0 Å². The number of rotatable bonds is 5. The normalized spacial score (nSPS) is 10.1. The summed E-state index contributed by atoms with van der Waals surface area (Å²) in [5.74, 6) is 0.325. The molecule has 2 aromatic rings. The topological polar surface area (TPSA) is 81.5 Å². The Hall–Kier alpha value is -2.89. The lowest BCUT2D eigenvalue weighted by atomic mass is 10.1. The number of hydrogen-bond donors (Lipinski definition) is 1. The first kappa shape index (κ1) is 15.5. The number of hydrogen-bond acceptors (Lipinski definition) is 4. The van der Waals surface area contributed by atoms with Gasteiger partial charge in [-0.1, -0.05) is 24.3 Å². The Morgan fingerprint density at radius 3 is 2.64 bits per heavy atom. The van der Waals surface area contributed by atoms with Crippen molar-refractivity contribution in [2.75, 3.05) is 7.11 Å². The third kappa shape index (κ3) is 3.22. The Labute approximate surface area is 127 Å². The lowest BCUT2D eigenvalue weighted by Gasteiger charge is -2.10. The maximum atomic E-state index is 12.2. The fourth-order valence-electron chi connectivity index (χ4n) is 2.19. The van der Waals surface area contributed by atoms with Crippen LogP contribution in [0.25, 0.3) is 0 Å². The molecule has 22 heavy (non-hydrogen) atoms. The summed E-state index contributed by atoms with van der Waals surface area (Å²) < 4.78 is 5.22. The second-order valence-electron chi connectivity index (χ2n) is 4.70. The zero-order chi connectivity index (χ0) is 16.1. The molecule has 0 aliphatic carbocycles. The molecule has 2 aromatic carbocycles. The number of benzene rings is 2. The van der Waals surface area contributed by atoms with Crippen molar-refractivity contribution in [3.8, 4) is 5.75 Å². The fraction of sp³-hybridized carbons (Fsp3) is 0.188. The van der Waals surface area contributed by atoms with Gasteiger partial charge in [0.1, 0.15) is 5.75 Å². The molecule has 1 N–H and O–H groups in total. The van der Waals surface area contributed by atoms with Crippen LogP contribution in [-0.2, 0) is 6.54 Å². The quantitative estimate of drug-likeness (QED) is 0.680. The SMILES string of the molecule is COc1ccccc1CNC(=O)c1cccc([N+](=O)[O-])c1C. The van der Waals surface area contributed by atoms with Crippen molar-refractivity contribution in [2.45, 2.75) is 13.5 Å². The highest BCUT2D eigenvalue weighted by Crippen LogP contribution is 2.21. The number of carbonyl (C=O) groups excluding carboxylic acids is 1. The molecule has 114 valence electrons. The number of nitrogens with zero attached hydrogens (tertiary/aromatic N) is 1. The maximum Gasteiger partial charge on any atom is 0.273 e. The van der Waals surface area contributed by atoms with E-state index in [2.05, 4.69) is 5.32 Å². The molecule has 2 rings (SSSR count). The van der Waals surface area contributed by atoms with E-state index in [1.165, 1.54) is 12.1 Å². The van der Waals surface area contributed by atoms with Crippen LogP contribution >= 0.6 is 0 Å². The zero-order valence-electron chi connectivity index (χ0n) is 12.3. The molecule has 0 aromatic heterocycles. The summed E-state index contributed by atoms with van der Waals surface area (Å²) in [6.07, 6.45) is 0. The molecule has 0 heterocycles. The second kappa shape index (κ2) is 6.71. The van der Waals surface area contributed by atoms with Gasteiger partial charge in [0.05, 0.1) is 12.0 Å². The van der Waals surface area contributed by atoms with Crippen molar-refractivity contribution < 1.29 is 14.5 Å². The van der Waals surface area contributed by atoms with Gasteiger partial charge in [-0.05, 0) is 19.1 Å². The number of para-hydroxylation sites is 1. The number of nitro groups is 1. The van der Waals surface area contributed by atoms with Crippen LogP contribution in [0.4, 0.5) is 5.69 Å². The molecule has 0 atom stereocenters. The molecule has 0 aliphatic heterocycles. The molecule has 0 saturated carbocycles. The molecule has 0 unspecified atom stereocenters. The summed E-state index contributed by atoms with van der Waals surface area (Å²) in [5, 5.41) is 13.7. The Morgan fingerprint density at radius 1 is 1.23 bits per heavy atom. The number of nitro benzene ring substituents is 1. The summed E-state index contributed by atoms with van der Waals surface area (Å²) in [6, 6.07) is 11.8. The number of nitrogens with one attached hydrogen (secondary N) is 1. The minimum absolute atomic E-state index is 0.0649. The smallest absolute Gasteiger partial charge is 0.273 e. The van der Waals surface area contributed by atoms with Crippen LogP contribution in [0.5, 0.6) is 5.75 Å². The monoisotopic (exact) mass is 300 g/mol. The van der Waals surface area contributed by atoms with Crippen molar-refractivity contribution >= 4 is 11.6 Å². The first-order valence-electron chi connectivity index (χ1n) is 6.68. The van der Waals surface area contributed by atoms with Crippen LogP contribution in [0.1, 0.15) is 21.5 Å². The molecule has 0 radical (unpaired) electrons. The van der Waals surface area contributed by atoms with Crippen LogP contribution in [0.3, 0.4) is 0 Å². The lowest BCUT2D eigenvalue weighted by molar-refractivity contribution is -0.385. The van der Waals surface area contributed by atoms with E-state index >= 15 is 0 Å². The highest BCUT2D eigenvalue weighted by molar-refractivity contribution is 5.96. The van der Waals surface area contributed by atoms with E-state index in [0.717, 1.165) is 5.56 Å². The minimum atomic E-state index is -0.494. The van der Waals surface area contributed by atoms with Gasteiger partial charge in [0.25, 0.3) is 11.6 Å². The Balaban J connectivity index is 2.16. The van der Waals surface area contributed by atoms with Gasteiger partial charge < -0.3 is 10.1 Å². The van der Waals surface area contributed by atoms with Crippen molar-refractivity contribution in [2.24, 2.45) is 0 Å². The highest BCUT2D eigenvalue weighted by Gasteiger charge is 2.17. The lowest BCUT2D eigenvalue weighted by Crippen LogP contribution is -2.24. The summed E-state index contributed by atoms with van der Waals surface area (Å²) in [4.78, 5) is 22.7. The van der Waals surface area contributed by atoms with E-state index < -0.39 is 4.92 Å². The van der Waals surface area contributed by atoms with Gasteiger partial charge in [0.15, 0.2) is 0 Å². The van der Waals surface area contributed by atoms with Crippen LogP contribution in [0, 0.1) is 17.0 Å². The van der Waals surface area contributed by atoms with Gasteiger partial charge in [-0.2, -0.15) is 0 Å². The van der Waals surface area contributed by atoms with Crippen molar-refractivity contribution in [3.05, 3.63) is 69.3 Å². The van der Waals surface area contributed by atoms with Gasteiger partial charge in [-0.15, -0.1) is 0 Å². The van der Waals surface area contributed by atoms with Crippen LogP contribution in [-0.4, -0.2) is 17.9 Å². The summed E-state index contributed by atoms with van der Waals surface area (Å²) >= 11 is 0. The molecular formula is C16H16N2O4. The molecule has 6 nitrogen and oxygen atoms in total.